The molecular weight excluding hydrogens is 184 g/mol. The number of fused-ring (bicyclic) bond motifs is 2. The van der Waals surface area contributed by atoms with Gasteiger partial charge in [0.2, 0.25) is 0 Å². The minimum Gasteiger partial charge on any atom is -0.304 e. The van der Waals surface area contributed by atoms with Gasteiger partial charge < -0.3 is 9.80 Å². The molecule has 0 amide bonds. The van der Waals surface area contributed by atoms with Crippen LogP contribution in [-0.2, 0) is 0 Å². The fourth-order valence-electron chi connectivity index (χ4n) is 3.47. The van der Waals surface area contributed by atoms with Crippen LogP contribution in [0.2, 0.25) is 0 Å². The molecule has 3 rings (SSSR count). The number of hydrogen-bond donors (Lipinski definition) is 0. The van der Waals surface area contributed by atoms with Crippen molar-refractivity contribution in [1.29, 1.82) is 0 Å². The number of piperazine rings is 1. The van der Waals surface area contributed by atoms with Crippen LogP contribution in [-0.4, -0.2) is 49.6 Å². The molecule has 1 saturated carbocycles. The molecule has 3 atom stereocenters. The molecule has 2 bridgehead atoms. The Morgan fingerprint density at radius 2 is 1.87 bits per heavy atom. The molecule has 0 aromatic heterocycles. The SMILES string of the molecule is CN1CCN(C[C@H]2C[C@@H]3C=C[C@@H]2C3)CC1. The van der Waals surface area contributed by atoms with E-state index in [9.17, 15) is 0 Å². The zero-order valence-corrected chi connectivity index (χ0v) is 9.73. The van der Waals surface area contributed by atoms with Crippen LogP contribution in [0, 0.1) is 17.8 Å². The fraction of sp³-hybridized carbons (Fsp3) is 0.846. The first kappa shape index (κ1) is 9.86. The van der Waals surface area contributed by atoms with Gasteiger partial charge in [-0.05, 0) is 37.6 Å². The summed E-state index contributed by atoms with van der Waals surface area (Å²) in [4.78, 5) is 5.12. The Morgan fingerprint density at radius 3 is 2.47 bits per heavy atom. The van der Waals surface area contributed by atoms with Crippen molar-refractivity contribution in [3.63, 3.8) is 0 Å². The quantitative estimate of drug-likeness (QED) is 0.631. The summed E-state index contributed by atoms with van der Waals surface area (Å²) in [6.45, 7) is 6.45. The summed E-state index contributed by atoms with van der Waals surface area (Å²) in [5.74, 6) is 2.84. The summed E-state index contributed by atoms with van der Waals surface area (Å²) < 4.78 is 0. The zero-order valence-electron chi connectivity index (χ0n) is 9.73. The maximum atomic E-state index is 2.68. The van der Waals surface area contributed by atoms with E-state index in [0.29, 0.717) is 0 Å². The van der Waals surface area contributed by atoms with Gasteiger partial charge in [-0.2, -0.15) is 0 Å². The highest BCUT2D eigenvalue weighted by Crippen LogP contribution is 2.43. The predicted octanol–water partition coefficient (Wildman–Crippen LogP) is 1.45. The van der Waals surface area contributed by atoms with E-state index in [1.807, 2.05) is 0 Å². The van der Waals surface area contributed by atoms with E-state index >= 15 is 0 Å². The monoisotopic (exact) mass is 206 g/mol. The second-order valence-corrected chi connectivity index (χ2v) is 5.64. The van der Waals surface area contributed by atoms with Crippen molar-refractivity contribution in [2.45, 2.75) is 12.8 Å². The molecule has 0 aromatic carbocycles. The molecule has 0 N–H and O–H groups in total. The molecule has 15 heavy (non-hydrogen) atoms. The Kier molecular flexibility index (Phi) is 2.57. The number of nitrogens with zero attached hydrogens (tertiary/aromatic N) is 2. The average Bonchev–Trinajstić information content (AvgIpc) is 2.83. The van der Waals surface area contributed by atoms with Crippen molar-refractivity contribution >= 4 is 0 Å². The first-order chi connectivity index (χ1) is 7.31. The lowest BCUT2D eigenvalue weighted by Gasteiger charge is -2.35. The maximum Gasteiger partial charge on any atom is 0.0110 e. The minimum atomic E-state index is 0.926. The normalized spacial score (nSPS) is 41.5. The Bertz CT molecular complexity index is 253. The summed E-state index contributed by atoms with van der Waals surface area (Å²) >= 11 is 0. The molecule has 84 valence electrons. The Morgan fingerprint density at radius 1 is 1.07 bits per heavy atom. The van der Waals surface area contributed by atoms with Gasteiger partial charge in [-0.25, -0.2) is 0 Å². The maximum absolute atomic E-state index is 2.68. The van der Waals surface area contributed by atoms with E-state index in [-0.39, 0.29) is 0 Å². The molecular formula is C13H22N2. The molecule has 1 saturated heterocycles. The van der Waals surface area contributed by atoms with Crippen LogP contribution in [0.1, 0.15) is 12.8 Å². The smallest absolute Gasteiger partial charge is 0.0110 e. The second kappa shape index (κ2) is 3.91. The van der Waals surface area contributed by atoms with Crippen LogP contribution in [0.25, 0.3) is 0 Å². The lowest BCUT2D eigenvalue weighted by atomic mass is 9.93. The van der Waals surface area contributed by atoms with Gasteiger partial charge in [0.15, 0.2) is 0 Å². The minimum absolute atomic E-state index is 0.926. The lowest BCUT2D eigenvalue weighted by Crippen LogP contribution is -2.46. The van der Waals surface area contributed by atoms with Crippen molar-refractivity contribution in [1.82, 2.24) is 9.80 Å². The van der Waals surface area contributed by atoms with Crippen molar-refractivity contribution in [2.75, 3.05) is 39.8 Å². The van der Waals surface area contributed by atoms with Gasteiger partial charge in [-0.1, -0.05) is 12.2 Å². The third-order valence-electron chi connectivity index (χ3n) is 4.50. The molecule has 2 aliphatic carbocycles. The van der Waals surface area contributed by atoms with Gasteiger partial charge in [0.25, 0.3) is 0 Å². The van der Waals surface area contributed by atoms with E-state index < -0.39 is 0 Å². The standard InChI is InChI=1S/C13H22N2/c1-14-4-6-15(7-5-14)10-13-9-11-2-3-12(13)8-11/h2-3,11-13H,4-10H2,1H3/t11-,12-,13-/m1/s1. The number of hydrogen-bond acceptors (Lipinski definition) is 2. The van der Waals surface area contributed by atoms with Crippen LogP contribution in [0.5, 0.6) is 0 Å². The third-order valence-corrected chi connectivity index (χ3v) is 4.50. The average molecular weight is 206 g/mol. The first-order valence-corrected chi connectivity index (χ1v) is 6.40. The van der Waals surface area contributed by atoms with Gasteiger partial charge in [-0.15, -0.1) is 0 Å². The molecule has 0 radical (unpaired) electrons. The van der Waals surface area contributed by atoms with Gasteiger partial charge in [0, 0.05) is 32.7 Å². The van der Waals surface area contributed by atoms with Crippen LogP contribution >= 0.6 is 0 Å². The van der Waals surface area contributed by atoms with Crippen LogP contribution in [0.15, 0.2) is 12.2 Å². The zero-order chi connectivity index (χ0) is 10.3. The topological polar surface area (TPSA) is 6.48 Å². The van der Waals surface area contributed by atoms with Crippen molar-refractivity contribution in [3.05, 3.63) is 12.2 Å². The van der Waals surface area contributed by atoms with Gasteiger partial charge in [0.05, 0.1) is 0 Å². The van der Waals surface area contributed by atoms with Crippen LogP contribution < -0.4 is 0 Å². The molecule has 0 aromatic rings. The van der Waals surface area contributed by atoms with E-state index in [4.69, 9.17) is 0 Å². The summed E-state index contributed by atoms with van der Waals surface area (Å²) in [7, 11) is 2.23. The van der Waals surface area contributed by atoms with Crippen molar-refractivity contribution in [3.8, 4) is 0 Å². The summed E-state index contributed by atoms with van der Waals surface area (Å²) in [6.07, 6.45) is 7.85. The molecule has 2 nitrogen and oxygen atoms in total. The fourth-order valence-corrected chi connectivity index (χ4v) is 3.47. The molecule has 3 aliphatic rings. The number of allylic oxidation sites excluding steroid dienone is 2. The summed E-state index contributed by atoms with van der Waals surface area (Å²) in [5, 5.41) is 0. The van der Waals surface area contributed by atoms with E-state index in [2.05, 4.69) is 29.0 Å². The second-order valence-electron chi connectivity index (χ2n) is 5.64. The number of rotatable bonds is 2. The van der Waals surface area contributed by atoms with E-state index in [1.165, 1.54) is 45.6 Å². The van der Waals surface area contributed by atoms with Crippen molar-refractivity contribution in [2.24, 2.45) is 17.8 Å². The van der Waals surface area contributed by atoms with Gasteiger partial charge in [0.1, 0.15) is 0 Å². The first-order valence-electron chi connectivity index (χ1n) is 6.40. The summed E-state index contributed by atoms with van der Waals surface area (Å²) in [6, 6.07) is 0. The molecule has 2 fully saturated rings. The molecule has 1 heterocycles. The van der Waals surface area contributed by atoms with E-state index in [1.54, 1.807) is 0 Å². The van der Waals surface area contributed by atoms with Crippen LogP contribution in [0.4, 0.5) is 0 Å². The Hall–Kier alpha value is -0.340. The highest BCUT2D eigenvalue weighted by atomic mass is 15.2. The largest absolute Gasteiger partial charge is 0.304 e. The molecule has 1 aliphatic heterocycles. The number of likely N-dealkylation sites (N-methyl/N-ethyl adjacent to an activating group) is 1. The predicted molar refractivity (Wildman–Crippen MR) is 62.8 cm³/mol. The lowest BCUT2D eigenvalue weighted by molar-refractivity contribution is 0.130. The highest BCUT2D eigenvalue weighted by molar-refractivity contribution is 5.10. The van der Waals surface area contributed by atoms with E-state index in [0.717, 1.165) is 17.8 Å². The highest BCUT2D eigenvalue weighted by Gasteiger charge is 2.36. The molecule has 0 unspecified atom stereocenters. The molecule has 0 spiro atoms. The molecule has 2 heteroatoms. The van der Waals surface area contributed by atoms with Crippen molar-refractivity contribution < 1.29 is 0 Å². The van der Waals surface area contributed by atoms with Gasteiger partial charge >= 0.3 is 0 Å². The Labute approximate surface area is 92.9 Å². The van der Waals surface area contributed by atoms with Crippen LogP contribution in [0.3, 0.4) is 0 Å². The Balaban J connectivity index is 1.51. The third kappa shape index (κ3) is 1.98. The summed E-state index contributed by atoms with van der Waals surface area (Å²) in [5.41, 5.74) is 0. The van der Waals surface area contributed by atoms with Gasteiger partial charge in [-0.3, -0.25) is 0 Å².